The van der Waals surface area contributed by atoms with Crippen molar-refractivity contribution in [2.45, 2.75) is 26.6 Å². The van der Waals surface area contributed by atoms with Gasteiger partial charge in [-0.05, 0) is 37.3 Å². The van der Waals surface area contributed by atoms with Crippen LogP contribution in [0.4, 0.5) is 24.0 Å². The molecule has 0 saturated carbocycles. The first-order chi connectivity index (χ1) is 14.1. The number of amides is 1. The monoisotopic (exact) mass is 434 g/mol. The number of rotatable bonds is 5. The van der Waals surface area contributed by atoms with Crippen LogP contribution in [-0.4, -0.2) is 16.9 Å². The molecule has 0 atom stereocenters. The Morgan fingerprint density at radius 2 is 1.87 bits per heavy atom. The fourth-order valence-electron chi connectivity index (χ4n) is 2.71. The van der Waals surface area contributed by atoms with E-state index in [0.29, 0.717) is 11.3 Å². The zero-order valence-electron chi connectivity index (χ0n) is 16.1. The minimum atomic E-state index is -4.53. The molecule has 0 bridgehead atoms. The minimum Gasteiger partial charge on any atom is -0.456 e. The highest BCUT2D eigenvalue weighted by atomic mass is 32.1. The molecule has 0 unspecified atom stereocenters. The number of aryl methyl sites for hydroxylation is 1. The lowest BCUT2D eigenvalue weighted by Gasteiger charge is -2.19. The summed E-state index contributed by atoms with van der Waals surface area (Å²) in [4.78, 5) is 29.6. The molecule has 1 heterocycles. The second-order valence-corrected chi connectivity index (χ2v) is 7.31. The van der Waals surface area contributed by atoms with Crippen LogP contribution in [-0.2, 0) is 22.3 Å². The van der Waals surface area contributed by atoms with E-state index in [0.717, 1.165) is 33.9 Å². The SMILES string of the molecule is CC(=O)N(c1cccc(C(F)(F)F)c1)c1nc(COC(=O)c2cccc(C)c2)cs1. The molecule has 1 aromatic heterocycles. The van der Waals surface area contributed by atoms with E-state index in [1.807, 2.05) is 13.0 Å². The number of carbonyl (C=O) groups excluding carboxylic acids is 2. The van der Waals surface area contributed by atoms with Crippen LogP contribution in [0.2, 0.25) is 0 Å². The Labute approximate surface area is 174 Å². The second-order valence-electron chi connectivity index (χ2n) is 6.47. The maximum Gasteiger partial charge on any atom is 0.416 e. The summed E-state index contributed by atoms with van der Waals surface area (Å²) < 4.78 is 44.3. The summed E-state index contributed by atoms with van der Waals surface area (Å²) in [7, 11) is 0. The quantitative estimate of drug-likeness (QED) is 0.497. The number of aromatic nitrogens is 1. The fraction of sp³-hybridized carbons (Fsp3) is 0.190. The van der Waals surface area contributed by atoms with Gasteiger partial charge in [0, 0.05) is 12.3 Å². The Hall–Kier alpha value is -3.20. The molecule has 0 spiro atoms. The van der Waals surface area contributed by atoms with Gasteiger partial charge in [-0.25, -0.2) is 9.78 Å². The number of esters is 1. The topological polar surface area (TPSA) is 59.5 Å². The molecule has 0 radical (unpaired) electrons. The van der Waals surface area contributed by atoms with Crippen molar-refractivity contribution in [3.05, 3.63) is 76.3 Å². The smallest absolute Gasteiger partial charge is 0.416 e. The Morgan fingerprint density at radius 3 is 2.53 bits per heavy atom. The van der Waals surface area contributed by atoms with Gasteiger partial charge in [-0.3, -0.25) is 9.69 Å². The normalized spacial score (nSPS) is 11.2. The maximum atomic E-state index is 13.0. The highest BCUT2D eigenvalue weighted by molar-refractivity contribution is 7.14. The fourth-order valence-corrected chi connectivity index (χ4v) is 3.58. The summed E-state index contributed by atoms with van der Waals surface area (Å²) in [5.74, 6) is -1.01. The Bertz CT molecular complexity index is 1080. The van der Waals surface area contributed by atoms with Crippen molar-refractivity contribution in [1.29, 1.82) is 0 Å². The van der Waals surface area contributed by atoms with Crippen LogP contribution in [0.25, 0.3) is 0 Å². The van der Waals surface area contributed by atoms with E-state index in [2.05, 4.69) is 4.98 Å². The average Bonchev–Trinajstić information content (AvgIpc) is 3.14. The first-order valence-corrected chi connectivity index (χ1v) is 9.69. The van der Waals surface area contributed by atoms with Crippen molar-refractivity contribution in [2.24, 2.45) is 0 Å². The van der Waals surface area contributed by atoms with Crippen LogP contribution in [0.5, 0.6) is 0 Å². The van der Waals surface area contributed by atoms with Crippen LogP contribution < -0.4 is 4.90 Å². The van der Waals surface area contributed by atoms with Gasteiger partial charge in [0.15, 0.2) is 5.13 Å². The summed E-state index contributed by atoms with van der Waals surface area (Å²) in [6.07, 6.45) is -4.53. The van der Waals surface area contributed by atoms with E-state index in [1.165, 1.54) is 19.1 Å². The number of ether oxygens (including phenoxy) is 1. The summed E-state index contributed by atoms with van der Waals surface area (Å²) in [6, 6.07) is 11.4. The van der Waals surface area contributed by atoms with Gasteiger partial charge in [0.2, 0.25) is 5.91 Å². The van der Waals surface area contributed by atoms with Crippen LogP contribution in [0.1, 0.15) is 34.1 Å². The molecule has 1 amide bonds. The van der Waals surface area contributed by atoms with Gasteiger partial charge in [-0.15, -0.1) is 11.3 Å². The van der Waals surface area contributed by atoms with E-state index in [1.54, 1.807) is 23.6 Å². The van der Waals surface area contributed by atoms with Crippen molar-refractivity contribution in [1.82, 2.24) is 4.98 Å². The van der Waals surface area contributed by atoms with Crippen LogP contribution in [0, 0.1) is 6.92 Å². The molecule has 0 aliphatic carbocycles. The van der Waals surface area contributed by atoms with Crippen LogP contribution in [0.3, 0.4) is 0 Å². The molecule has 0 aliphatic rings. The molecule has 2 aromatic carbocycles. The standard InChI is InChI=1S/C21H17F3N2O3S/c1-13-5-3-6-15(9-13)19(28)29-11-17-12-30-20(25-17)26(14(2)27)18-8-4-7-16(10-18)21(22,23)24/h3-10,12H,11H2,1-2H3. The van der Waals surface area contributed by atoms with Gasteiger partial charge in [-0.1, -0.05) is 23.8 Å². The third-order valence-corrected chi connectivity index (χ3v) is 4.96. The Kier molecular flexibility index (Phi) is 6.21. The number of hydrogen-bond donors (Lipinski definition) is 0. The molecule has 3 rings (SSSR count). The first kappa shape index (κ1) is 21.5. The number of hydrogen-bond acceptors (Lipinski definition) is 5. The van der Waals surface area contributed by atoms with Crippen molar-refractivity contribution in [3.63, 3.8) is 0 Å². The van der Waals surface area contributed by atoms with Gasteiger partial charge in [0.05, 0.1) is 22.5 Å². The van der Waals surface area contributed by atoms with E-state index in [4.69, 9.17) is 4.74 Å². The van der Waals surface area contributed by atoms with Crippen LogP contribution >= 0.6 is 11.3 Å². The summed E-state index contributed by atoms with van der Waals surface area (Å²) in [6.45, 7) is 2.96. The molecule has 156 valence electrons. The number of benzene rings is 2. The van der Waals surface area contributed by atoms with Crippen molar-refractivity contribution < 1.29 is 27.5 Å². The van der Waals surface area contributed by atoms with Crippen molar-refractivity contribution in [2.75, 3.05) is 4.90 Å². The molecule has 0 saturated heterocycles. The van der Waals surface area contributed by atoms with E-state index >= 15 is 0 Å². The molecule has 3 aromatic rings. The number of anilines is 2. The Balaban J connectivity index is 1.77. The largest absolute Gasteiger partial charge is 0.456 e. The van der Waals surface area contributed by atoms with Gasteiger partial charge in [0.25, 0.3) is 0 Å². The molecule has 9 heteroatoms. The third kappa shape index (κ3) is 5.04. The zero-order valence-corrected chi connectivity index (χ0v) is 16.9. The molecule has 0 aliphatic heterocycles. The van der Waals surface area contributed by atoms with E-state index < -0.39 is 23.6 Å². The summed E-state index contributed by atoms with van der Waals surface area (Å²) >= 11 is 1.07. The number of halogens is 3. The molecule has 30 heavy (non-hydrogen) atoms. The predicted molar refractivity (Wildman–Crippen MR) is 107 cm³/mol. The minimum absolute atomic E-state index is 0.0509. The number of thiazole rings is 1. The lowest BCUT2D eigenvalue weighted by molar-refractivity contribution is -0.137. The number of carbonyl (C=O) groups is 2. The molecule has 5 nitrogen and oxygen atoms in total. The maximum absolute atomic E-state index is 13.0. The lowest BCUT2D eigenvalue weighted by atomic mass is 10.1. The lowest BCUT2D eigenvalue weighted by Crippen LogP contribution is -2.23. The molecular weight excluding hydrogens is 417 g/mol. The second kappa shape index (κ2) is 8.66. The Morgan fingerprint density at radius 1 is 1.13 bits per heavy atom. The van der Waals surface area contributed by atoms with Crippen LogP contribution in [0.15, 0.2) is 53.9 Å². The van der Waals surface area contributed by atoms with Crippen molar-refractivity contribution >= 4 is 34.0 Å². The summed E-state index contributed by atoms with van der Waals surface area (Å²) in [5.41, 5.74) is 0.887. The van der Waals surface area contributed by atoms with E-state index in [-0.39, 0.29) is 17.4 Å². The number of nitrogens with zero attached hydrogens (tertiary/aromatic N) is 2. The molecule has 0 fully saturated rings. The van der Waals surface area contributed by atoms with E-state index in [9.17, 15) is 22.8 Å². The zero-order chi connectivity index (χ0) is 21.9. The predicted octanol–water partition coefficient (Wildman–Crippen LogP) is 5.51. The first-order valence-electron chi connectivity index (χ1n) is 8.81. The van der Waals surface area contributed by atoms with Crippen molar-refractivity contribution in [3.8, 4) is 0 Å². The van der Waals surface area contributed by atoms with Gasteiger partial charge >= 0.3 is 12.1 Å². The van der Waals surface area contributed by atoms with Gasteiger partial charge < -0.3 is 4.74 Å². The summed E-state index contributed by atoms with van der Waals surface area (Å²) in [5, 5.41) is 1.77. The molecular formula is C21H17F3N2O3S. The number of alkyl halides is 3. The highest BCUT2D eigenvalue weighted by Gasteiger charge is 2.31. The van der Waals surface area contributed by atoms with Gasteiger partial charge in [0.1, 0.15) is 6.61 Å². The molecule has 0 N–H and O–H groups in total. The van der Waals surface area contributed by atoms with Gasteiger partial charge in [-0.2, -0.15) is 13.2 Å². The third-order valence-electron chi connectivity index (χ3n) is 4.08. The average molecular weight is 434 g/mol. The highest BCUT2D eigenvalue weighted by Crippen LogP contribution is 2.35.